The lowest BCUT2D eigenvalue weighted by Crippen LogP contribution is -2.36. The van der Waals surface area contributed by atoms with E-state index in [9.17, 15) is 13.2 Å². The zero-order valence-electron chi connectivity index (χ0n) is 13.7. The molecule has 24 heavy (non-hydrogen) atoms. The highest BCUT2D eigenvalue weighted by molar-refractivity contribution is 7.91. The summed E-state index contributed by atoms with van der Waals surface area (Å²) >= 11 is 1.71. The van der Waals surface area contributed by atoms with Crippen LogP contribution in [0.4, 0.5) is 0 Å². The molecule has 1 aromatic carbocycles. The summed E-state index contributed by atoms with van der Waals surface area (Å²) in [7, 11) is -0.988. The fourth-order valence-corrected chi connectivity index (χ4v) is 5.57. The molecule has 5 nitrogen and oxygen atoms in total. The molecule has 1 aliphatic rings. The Morgan fingerprint density at radius 3 is 2.96 bits per heavy atom. The Morgan fingerprint density at radius 2 is 2.21 bits per heavy atom. The van der Waals surface area contributed by atoms with E-state index in [2.05, 4.69) is 28.9 Å². The Morgan fingerprint density at radius 1 is 1.38 bits per heavy atom. The van der Waals surface area contributed by atoms with Crippen LogP contribution in [0.1, 0.15) is 18.4 Å². The predicted octanol–water partition coefficient (Wildman–Crippen LogP) is 2.03. The molecule has 3 rings (SSSR count). The molecular formula is C17H22N2O3S2. The minimum atomic E-state index is -2.88. The van der Waals surface area contributed by atoms with Gasteiger partial charge in [-0.15, -0.1) is 11.3 Å². The zero-order chi connectivity index (χ0) is 17.2. The Labute approximate surface area is 146 Å². The van der Waals surface area contributed by atoms with E-state index in [0.29, 0.717) is 25.9 Å². The largest absolute Gasteiger partial charge is 0.352 e. The maximum Gasteiger partial charge on any atom is 0.221 e. The number of hydrogen-bond donors (Lipinski definition) is 1. The highest BCUT2D eigenvalue weighted by Gasteiger charge is 2.30. The summed E-state index contributed by atoms with van der Waals surface area (Å²) in [4.78, 5) is 14.0. The van der Waals surface area contributed by atoms with Crippen molar-refractivity contribution in [3.8, 4) is 0 Å². The third-order valence-corrected chi connectivity index (χ3v) is 7.18. The quantitative estimate of drug-likeness (QED) is 0.849. The minimum Gasteiger partial charge on any atom is -0.352 e. The number of hydrogen-bond acceptors (Lipinski definition) is 5. The maximum atomic E-state index is 12.0. The number of fused-ring (bicyclic) bond motifs is 1. The van der Waals surface area contributed by atoms with Crippen molar-refractivity contribution in [3.63, 3.8) is 0 Å². The summed E-state index contributed by atoms with van der Waals surface area (Å²) in [6.07, 6.45) is 1.05. The molecule has 1 aliphatic heterocycles. The van der Waals surface area contributed by atoms with Crippen LogP contribution < -0.4 is 5.32 Å². The van der Waals surface area contributed by atoms with Gasteiger partial charge in [-0.25, -0.2) is 8.42 Å². The van der Waals surface area contributed by atoms with Gasteiger partial charge in [-0.05, 0) is 48.0 Å². The van der Waals surface area contributed by atoms with Gasteiger partial charge in [0.05, 0.1) is 11.5 Å². The van der Waals surface area contributed by atoms with Gasteiger partial charge in [-0.2, -0.15) is 0 Å². The third kappa shape index (κ3) is 4.34. The van der Waals surface area contributed by atoms with Gasteiger partial charge in [0.2, 0.25) is 5.91 Å². The van der Waals surface area contributed by atoms with Crippen LogP contribution in [0.5, 0.6) is 0 Å². The summed E-state index contributed by atoms with van der Waals surface area (Å²) in [5.74, 6) is 0.471. The van der Waals surface area contributed by atoms with Gasteiger partial charge in [0, 0.05) is 30.3 Å². The van der Waals surface area contributed by atoms with Gasteiger partial charge in [-0.3, -0.25) is 4.79 Å². The minimum absolute atomic E-state index is 0.00637. The van der Waals surface area contributed by atoms with Gasteiger partial charge >= 0.3 is 0 Å². The maximum absolute atomic E-state index is 12.0. The molecule has 1 N–H and O–H groups in total. The van der Waals surface area contributed by atoms with E-state index in [1.165, 1.54) is 10.1 Å². The molecule has 0 aliphatic carbocycles. The summed E-state index contributed by atoms with van der Waals surface area (Å²) in [5.41, 5.74) is 1.09. The first-order valence-corrected chi connectivity index (χ1v) is 10.8. The lowest BCUT2D eigenvalue weighted by molar-refractivity contribution is -0.121. The van der Waals surface area contributed by atoms with Crippen LogP contribution in [0.3, 0.4) is 0 Å². The number of benzene rings is 1. The highest BCUT2D eigenvalue weighted by Crippen LogP contribution is 2.21. The molecule has 1 aromatic heterocycles. The number of carbonyl (C=O) groups excluding carboxylic acids is 1. The topological polar surface area (TPSA) is 66.5 Å². The van der Waals surface area contributed by atoms with Gasteiger partial charge < -0.3 is 10.2 Å². The first-order valence-electron chi connectivity index (χ1n) is 8.06. The summed E-state index contributed by atoms with van der Waals surface area (Å²) in [6.45, 7) is 1.10. The number of rotatable bonds is 6. The van der Waals surface area contributed by atoms with Crippen molar-refractivity contribution in [2.45, 2.75) is 25.4 Å². The number of nitrogens with zero attached hydrogens (tertiary/aromatic N) is 1. The number of amides is 1. The van der Waals surface area contributed by atoms with Crippen molar-refractivity contribution in [2.75, 3.05) is 25.1 Å². The number of carbonyl (C=O) groups is 1. The summed E-state index contributed by atoms with van der Waals surface area (Å²) in [5, 5.41) is 6.20. The van der Waals surface area contributed by atoms with Gasteiger partial charge in [0.15, 0.2) is 9.84 Å². The first-order chi connectivity index (χ1) is 11.4. The standard InChI is InChI=1S/C17H22N2O3S2/c1-19(15-6-9-24(21,22)12-15)7-4-17(20)18-11-13-2-3-16-14(10-13)5-8-23-16/h2-3,5,8,10,15H,4,6-7,9,11-12H2,1H3,(H,18,20). The molecule has 1 saturated heterocycles. The fraction of sp³-hybridized carbons (Fsp3) is 0.471. The molecule has 1 amide bonds. The van der Waals surface area contributed by atoms with Crippen molar-refractivity contribution in [2.24, 2.45) is 0 Å². The first kappa shape index (κ1) is 17.4. The lowest BCUT2D eigenvalue weighted by Gasteiger charge is -2.22. The summed E-state index contributed by atoms with van der Waals surface area (Å²) < 4.78 is 24.3. The van der Waals surface area contributed by atoms with Crippen molar-refractivity contribution in [3.05, 3.63) is 35.2 Å². The number of nitrogens with one attached hydrogen (secondary N) is 1. The second-order valence-electron chi connectivity index (χ2n) is 6.36. The van der Waals surface area contributed by atoms with Gasteiger partial charge in [0.1, 0.15) is 0 Å². The molecule has 0 radical (unpaired) electrons. The molecule has 130 valence electrons. The van der Waals surface area contributed by atoms with Crippen LogP contribution in [-0.2, 0) is 21.2 Å². The average Bonchev–Trinajstić information content (AvgIpc) is 3.15. The highest BCUT2D eigenvalue weighted by atomic mass is 32.2. The van der Waals surface area contributed by atoms with Crippen LogP contribution in [0.25, 0.3) is 10.1 Å². The molecule has 7 heteroatoms. The van der Waals surface area contributed by atoms with Crippen LogP contribution in [0.15, 0.2) is 29.6 Å². The molecule has 2 aromatic rings. The Kier molecular flexibility index (Phi) is 5.22. The van der Waals surface area contributed by atoms with Crippen molar-refractivity contribution < 1.29 is 13.2 Å². The van der Waals surface area contributed by atoms with Gasteiger partial charge in [-0.1, -0.05) is 6.07 Å². The normalized spacial score (nSPS) is 19.8. The number of sulfone groups is 1. The van der Waals surface area contributed by atoms with Crippen LogP contribution in [-0.4, -0.2) is 50.4 Å². The van der Waals surface area contributed by atoms with E-state index in [4.69, 9.17) is 0 Å². The SMILES string of the molecule is CN(CCC(=O)NCc1ccc2sccc2c1)C1CCS(=O)(=O)C1. The number of thiophene rings is 1. The molecule has 1 fully saturated rings. The second-order valence-corrected chi connectivity index (χ2v) is 9.53. The lowest BCUT2D eigenvalue weighted by atomic mass is 10.1. The monoisotopic (exact) mass is 366 g/mol. The zero-order valence-corrected chi connectivity index (χ0v) is 15.3. The van der Waals surface area contributed by atoms with E-state index in [1.54, 1.807) is 11.3 Å². The third-order valence-electron chi connectivity index (χ3n) is 4.53. The van der Waals surface area contributed by atoms with E-state index in [0.717, 1.165) is 5.56 Å². The summed E-state index contributed by atoms with van der Waals surface area (Å²) in [6, 6.07) is 8.34. The van der Waals surface area contributed by atoms with Crippen molar-refractivity contribution in [1.82, 2.24) is 10.2 Å². The van der Waals surface area contributed by atoms with E-state index in [-0.39, 0.29) is 23.5 Å². The molecular weight excluding hydrogens is 344 g/mol. The predicted molar refractivity (Wildman–Crippen MR) is 98.0 cm³/mol. The molecule has 2 heterocycles. The fourth-order valence-electron chi connectivity index (χ4n) is 3.00. The smallest absolute Gasteiger partial charge is 0.221 e. The van der Waals surface area contributed by atoms with Crippen molar-refractivity contribution in [1.29, 1.82) is 0 Å². The van der Waals surface area contributed by atoms with Crippen LogP contribution in [0, 0.1) is 0 Å². The average molecular weight is 367 g/mol. The molecule has 0 spiro atoms. The molecule has 1 atom stereocenters. The Hall–Kier alpha value is -1.44. The Balaban J connectivity index is 1.44. The Bertz CT molecular complexity index is 829. The van der Waals surface area contributed by atoms with E-state index in [1.807, 2.05) is 18.0 Å². The molecule has 1 unspecified atom stereocenters. The molecule has 0 bridgehead atoms. The van der Waals surface area contributed by atoms with Crippen molar-refractivity contribution >= 4 is 37.2 Å². The van der Waals surface area contributed by atoms with E-state index < -0.39 is 9.84 Å². The molecule has 0 saturated carbocycles. The second kappa shape index (κ2) is 7.21. The van der Waals surface area contributed by atoms with E-state index >= 15 is 0 Å². The van der Waals surface area contributed by atoms with Crippen LogP contribution >= 0.6 is 11.3 Å². The van der Waals surface area contributed by atoms with Crippen LogP contribution in [0.2, 0.25) is 0 Å². The van der Waals surface area contributed by atoms with Gasteiger partial charge in [0.25, 0.3) is 0 Å².